The van der Waals surface area contributed by atoms with E-state index >= 15 is 0 Å². The van der Waals surface area contributed by atoms with Crippen LogP contribution in [0.1, 0.15) is 84.2 Å². The van der Waals surface area contributed by atoms with Gasteiger partial charge in [0.05, 0.1) is 6.42 Å². The number of nitrogens with zero attached hydrogens (tertiary/aromatic N) is 1. The van der Waals surface area contributed by atoms with Crippen molar-refractivity contribution in [3.05, 3.63) is 35.9 Å². The van der Waals surface area contributed by atoms with Crippen LogP contribution in [0.25, 0.3) is 0 Å². The second kappa shape index (κ2) is 11.8. The standard InChI is InChI=1S/C27H40N4O5/c1-17-15-21(17)31(25(34)20(16-22(28)32)30-26(35)36-27(2,3)4)23(18-11-7-5-8-12-18)24(33)29-19-13-9-6-10-14-19/h5,7-8,11-12,17,19-21,23H,6,9-10,13-16H2,1-4H3,(H2,28,32)(H,29,33)(H,30,35). The molecule has 2 saturated carbocycles. The van der Waals surface area contributed by atoms with Crippen molar-refractivity contribution < 1.29 is 23.9 Å². The van der Waals surface area contributed by atoms with Crippen molar-refractivity contribution in [3.8, 4) is 0 Å². The molecule has 0 aliphatic heterocycles. The molecule has 9 nitrogen and oxygen atoms in total. The van der Waals surface area contributed by atoms with Crippen LogP contribution in [0.15, 0.2) is 30.3 Å². The van der Waals surface area contributed by atoms with Crippen LogP contribution in [-0.4, -0.2) is 52.4 Å². The van der Waals surface area contributed by atoms with E-state index in [1.807, 2.05) is 37.3 Å². The Labute approximate surface area is 213 Å². The van der Waals surface area contributed by atoms with Crippen molar-refractivity contribution in [1.29, 1.82) is 0 Å². The third kappa shape index (κ3) is 7.70. The Hall–Kier alpha value is -3.10. The van der Waals surface area contributed by atoms with E-state index in [2.05, 4.69) is 10.6 Å². The number of amides is 4. The quantitative estimate of drug-likeness (QED) is 0.479. The van der Waals surface area contributed by atoms with Crippen molar-refractivity contribution in [1.82, 2.24) is 15.5 Å². The summed E-state index contributed by atoms with van der Waals surface area (Å²) in [6, 6.07) is 6.87. The Morgan fingerprint density at radius 2 is 1.69 bits per heavy atom. The fourth-order valence-electron chi connectivity index (χ4n) is 4.80. The van der Waals surface area contributed by atoms with Crippen LogP contribution in [0.5, 0.6) is 0 Å². The lowest BCUT2D eigenvalue weighted by molar-refractivity contribution is -0.144. The van der Waals surface area contributed by atoms with Crippen molar-refractivity contribution in [2.75, 3.05) is 0 Å². The third-order valence-electron chi connectivity index (χ3n) is 6.67. The SMILES string of the molecule is CC1CC1N(C(=O)C(CC(N)=O)NC(=O)OC(C)(C)C)C(C(=O)NC1CCCCC1)c1ccccc1. The number of ether oxygens (including phenoxy) is 1. The summed E-state index contributed by atoms with van der Waals surface area (Å²) in [5, 5.41) is 5.69. The number of rotatable bonds is 9. The highest BCUT2D eigenvalue weighted by Gasteiger charge is 2.48. The van der Waals surface area contributed by atoms with E-state index in [0.717, 1.165) is 38.5 Å². The number of nitrogens with two attached hydrogens (primary N) is 1. The minimum absolute atomic E-state index is 0.0624. The fourth-order valence-corrected chi connectivity index (χ4v) is 4.80. The van der Waals surface area contributed by atoms with Gasteiger partial charge in [-0.1, -0.05) is 56.5 Å². The van der Waals surface area contributed by atoms with Gasteiger partial charge in [-0.2, -0.15) is 0 Å². The minimum atomic E-state index is -1.25. The van der Waals surface area contributed by atoms with Crippen LogP contribution in [0.3, 0.4) is 0 Å². The van der Waals surface area contributed by atoms with E-state index in [1.54, 1.807) is 25.7 Å². The Morgan fingerprint density at radius 3 is 2.22 bits per heavy atom. The van der Waals surface area contributed by atoms with Gasteiger partial charge in [-0.25, -0.2) is 4.79 Å². The number of benzene rings is 1. The summed E-state index contributed by atoms with van der Waals surface area (Å²) in [5.41, 5.74) is 5.33. The van der Waals surface area contributed by atoms with Crippen molar-refractivity contribution >= 4 is 23.8 Å². The maximum atomic E-state index is 14.0. The molecule has 1 aromatic carbocycles. The van der Waals surface area contributed by atoms with Gasteiger partial charge in [0.1, 0.15) is 17.7 Å². The van der Waals surface area contributed by atoms with Crippen LogP contribution >= 0.6 is 0 Å². The van der Waals surface area contributed by atoms with Crippen LogP contribution < -0.4 is 16.4 Å². The molecule has 1 aromatic rings. The van der Waals surface area contributed by atoms with Crippen LogP contribution in [-0.2, 0) is 19.1 Å². The Morgan fingerprint density at radius 1 is 1.08 bits per heavy atom. The average molecular weight is 501 g/mol. The molecule has 2 fully saturated rings. The molecule has 0 aromatic heterocycles. The molecule has 3 rings (SSSR count). The molecule has 36 heavy (non-hydrogen) atoms. The molecule has 0 spiro atoms. The number of hydrogen-bond donors (Lipinski definition) is 3. The van der Waals surface area contributed by atoms with Crippen LogP contribution in [0.4, 0.5) is 4.79 Å². The topological polar surface area (TPSA) is 131 Å². The largest absolute Gasteiger partial charge is 0.444 e. The second-order valence-corrected chi connectivity index (χ2v) is 11.1. The molecule has 0 heterocycles. The van der Waals surface area contributed by atoms with Gasteiger partial charge >= 0.3 is 6.09 Å². The molecule has 4 unspecified atom stereocenters. The molecule has 0 radical (unpaired) electrons. The van der Waals surface area contributed by atoms with E-state index in [0.29, 0.717) is 5.56 Å². The normalized spacial score (nSPS) is 21.6. The summed E-state index contributed by atoms with van der Waals surface area (Å²) < 4.78 is 5.32. The molecule has 198 valence electrons. The third-order valence-corrected chi connectivity index (χ3v) is 6.67. The molecular weight excluding hydrogens is 460 g/mol. The zero-order valence-electron chi connectivity index (χ0n) is 21.8. The highest BCUT2D eigenvalue weighted by molar-refractivity contribution is 5.95. The lowest BCUT2D eigenvalue weighted by Crippen LogP contribution is -2.55. The zero-order chi connectivity index (χ0) is 26.5. The molecular formula is C27H40N4O5. The molecule has 0 saturated heterocycles. The summed E-state index contributed by atoms with van der Waals surface area (Å²) in [4.78, 5) is 53.7. The first-order valence-electron chi connectivity index (χ1n) is 12.9. The molecule has 2 aliphatic carbocycles. The number of carbonyl (C=O) groups is 4. The Bertz CT molecular complexity index is 939. The van der Waals surface area contributed by atoms with Crippen molar-refractivity contribution in [2.24, 2.45) is 11.7 Å². The zero-order valence-corrected chi connectivity index (χ0v) is 21.8. The van der Waals surface area contributed by atoms with Gasteiger partial charge in [0.2, 0.25) is 17.7 Å². The van der Waals surface area contributed by atoms with E-state index < -0.39 is 42.0 Å². The predicted molar refractivity (Wildman–Crippen MR) is 136 cm³/mol. The number of alkyl carbamates (subject to hydrolysis) is 1. The van der Waals surface area contributed by atoms with Crippen LogP contribution in [0.2, 0.25) is 0 Å². The summed E-state index contributed by atoms with van der Waals surface area (Å²) in [6.45, 7) is 7.13. The minimum Gasteiger partial charge on any atom is -0.444 e. The molecule has 9 heteroatoms. The van der Waals surface area contributed by atoms with Gasteiger partial charge in [0, 0.05) is 12.1 Å². The van der Waals surface area contributed by atoms with Gasteiger partial charge in [-0.3, -0.25) is 14.4 Å². The van der Waals surface area contributed by atoms with E-state index in [4.69, 9.17) is 10.5 Å². The van der Waals surface area contributed by atoms with E-state index in [9.17, 15) is 19.2 Å². The van der Waals surface area contributed by atoms with Gasteiger partial charge in [-0.15, -0.1) is 0 Å². The number of nitrogens with one attached hydrogen (secondary N) is 2. The van der Waals surface area contributed by atoms with Gasteiger partial charge < -0.3 is 26.0 Å². The van der Waals surface area contributed by atoms with Crippen molar-refractivity contribution in [2.45, 2.75) is 102 Å². The maximum Gasteiger partial charge on any atom is 0.408 e. The first-order chi connectivity index (χ1) is 17.0. The van der Waals surface area contributed by atoms with Crippen LogP contribution in [0, 0.1) is 5.92 Å². The summed E-state index contributed by atoms with van der Waals surface area (Å²) in [7, 11) is 0. The summed E-state index contributed by atoms with van der Waals surface area (Å²) in [6.07, 6.45) is 4.59. The molecule has 0 bridgehead atoms. The number of primary amides is 1. The lowest BCUT2D eigenvalue weighted by Gasteiger charge is -2.36. The van der Waals surface area contributed by atoms with Gasteiger partial charge in [0.25, 0.3) is 0 Å². The first-order valence-corrected chi connectivity index (χ1v) is 12.9. The smallest absolute Gasteiger partial charge is 0.408 e. The molecule has 4 amide bonds. The molecule has 4 atom stereocenters. The monoisotopic (exact) mass is 500 g/mol. The van der Waals surface area contributed by atoms with E-state index in [1.165, 1.54) is 0 Å². The predicted octanol–water partition coefficient (Wildman–Crippen LogP) is 3.18. The fraction of sp³-hybridized carbons (Fsp3) is 0.630. The summed E-state index contributed by atoms with van der Waals surface area (Å²) in [5.74, 6) is -1.34. The highest BCUT2D eigenvalue weighted by atomic mass is 16.6. The van der Waals surface area contributed by atoms with Gasteiger partial charge in [0.15, 0.2) is 0 Å². The Kier molecular flexibility index (Phi) is 8.98. The average Bonchev–Trinajstić information content (AvgIpc) is 3.51. The maximum absolute atomic E-state index is 14.0. The Balaban J connectivity index is 1.93. The number of carbonyl (C=O) groups excluding carboxylic acids is 4. The lowest BCUT2D eigenvalue weighted by atomic mass is 9.94. The van der Waals surface area contributed by atoms with E-state index in [-0.39, 0.29) is 23.9 Å². The molecule has 4 N–H and O–H groups in total. The first kappa shape index (κ1) is 27.5. The molecule has 2 aliphatic rings. The van der Waals surface area contributed by atoms with Gasteiger partial charge in [-0.05, 0) is 51.5 Å². The second-order valence-electron chi connectivity index (χ2n) is 11.1. The number of hydrogen-bond acceptors (Lipinski definition) is 5. The van der Waals surface area contributed by atoms with Crippen molar-refractivity contribution in [3.63, 3.8) is 0 Å². The summed E-state index contributed by atoms with van der Waals surface area (Å²) >= 11 is 0. The highest BCUT2D eigenvalue weighted by Crippen LogP contribution is 2.41.